The van der Waals surface area contributed by atoms with Gasteiger partial charge in [0.05, 0.1) is 5.69 Å². The van der Waals surface area contributed by atoms with Crippen LogP contribution in [0.1, 0.15) is 11.8 Å². The molecule has 24 heavy (non-hydrogen) atoms. The predicted octanol–water partition coefficient (Wildman–Crippen LogP) is 4.52. The number of nitrogens with zero attached hydrogens (tertiary/aromatic N) is 1. The van der Waals surface area contributed by atoms with Crippen LogP contribution in [0.4, 0.5) is 5.13 Å². The van der Waals surface area contributed by atoms with Crippen LogP contribution < -0.4 is 10.1 Å². The number of aromatic nitrogens is 1. The van der Waals surface area contributed by atoms with E-state index in [1.165, 1.54) is 11.3 Å². The molecule has 4 nitrogen and oxygen atoms in total. The molecule has 1 amide bonds. The molecule has 3 rings (SSSR count). The molecule has 0 fully saturated rings. The highest BCUT2D eigenvalue weighted by Gasteiger charge is 2.17. The van der Waals surface area contributed by atoms with Crippen molar-refractivity contribution < 1.29 is 9.53 Å². The van der Waals surface area contributed by atoms with Crippen LogP contribution in [0.25, 0.3) is 11.3 Å². The van der Waals surface area contributed by atoms with Gasteiger partial charge in [0.2, 0.25) is 0 Å². The van der Waals surface area contributed by atoms with Gasteiger partial charge in [0.15, 0.2) is 11.2 Å². The molecule has 1 atom stereocenters. The summed E-state index contributed by atoms with van der Waals surface area (Å²) in [4.78, 5) is 17.9. The molecule has 3 aromatic rings. The van der Waals surface area contributed by atoms with Gasteiger partial charge < -0.3 is 4.74 Å². The molecule has 0 unspecified atom stereocenters. The Kier molecular flexibility index (Phi) is 4.91. The first-order valence-electron chi connectivity index (χ1n) is 7.69. The molecule has 122 valence electrons. The smallest absolute Gasteiger partial charge is 0.266 e. The van der Waals surface area contributed by atoms with E-state index >= 15 is 0 Å². The Balaban J connectivity index is 1.69. The monoisotopic (exact) mass is 338 g/mol. The molecule has 0 saturated heterocycles. The molecular weight excluding hydrogens is 320 g/mol. The lowest BCUT2D eigenvalue weighted by atomic mass is 10.1. The molecule has 0 bridgehead atoms. The molecule has 1 aromatic heterocycles. The molecular formula is C19H18N2O2S. The Hall–Kier alpha value is -2.66. The highest BCUT2D eigenvalue weighted by atomic mass is 32.1. The number of hydrogen-bond acceptors (Lipinski definition) is 4. The Morgan fingerprint density at radius 2 is 1.71 bits per heavy atom. The highest BCUT2D eigenvalue weighted by Crippen LogP contribution is 2.30. The third-order valence-corrected chi connectivity index (χ3v) is 4.39. The number of aryl methyl sites for hydroxylation is 1. The van der Waals surface area contributed by atoms with Gasteiger partial charge in [0, 0.05) is 10.4 Å². The molecule has 5 heteroatoms. The Morgan fingerprint density at radius 1 is 1.08 bits per heavy atom. The molecule has 2 aromatic carbocycles. The van der Waals surface area contributed by atoms with Crippen molar-refractivity contribution in [2.75, 3.05) is 5.32 Å². The third-order valence-electron chi connectivity index (χ3n) is 3.50. The molecule has 0 aliphatic carbocycles. The number of anilines is 1. The van der Waals surface area contributed by atoms with Crippen molar-refractivity contribution in [3.63, 3.8) is 0 Å². The average molecular weight is 338 g/mol. The summed E-state index contributed by atoms with van der Waals surface area (Å²) in [6, 6.07) is 19.2. The number of nitrogens with one attached hydrogen (secondary N) is 1. The maximum Gasteiger partial charge on any atom is 0.266 e. The molecule has 1 N–H and O–H groups in total. The molecule has 0 spiro atoms. The molecule has 0 aliphatic heterocycles. The van der Waals surface area contributed by atoms with Crippen LogP contribution in [0, 0.1) is 6.92 Å². The summed E-state index contributed by atoms with van der Waals surface area (Å²) < 4.78 is 5.63. The number of rotatable bonds is 5. The molecule has 0 saturated carbocycles. The van der Waals surface area contributed by atoms with E-state index in [0.717, 1.165) is 16.1 Å². The van der Waals surface area contributed by atoms with Crippen LogP contribution in [0.3, 0.4) is 0 Å². The van der Waals surface area contributed by atoms with Crippen LogP contribution in [0.15, 0.2) is 60.7 Å². The van der Waals surface area contributed by atoms with Crippen molar-refractivity contribution in [3.8, 4) is 17.0 Å². The quantitative estimate of drug-likeness (QED) is 0.744. The normalized spacial score (nSPS) is 11.8. The summed E-state index contributed by atoms with van der Waals surface area (Å²) in [5, 5.41) is 3.42. The molecule has 0 radical (unpaired) electrons. The first kappa shape index (κ1) is 16.2. The fourth-order valence-corrected chi connectivity index (χ4v) is 3.12. The fraction of sp³-hybridized carbons (Fsp3) is 0.158. The lowest BCUT2D eigenvalue weighted by Crippen LogP contribution is -2.30. The summed E-state index contributed by atoms with van der Waals surface area (Å²) in [6.45, 7) is 3.72. The zero-order valence-corrected chi connectivity index (χ0v) is 14.3. The minimum absolute atomic E-state index is 0.216. The average Bonchev–Trinajstić information content (AvgIpc) is 2.97. The Labute approximate surface area is 145 Å². The lowest BCUT2D eigenvalue weighted by molar-refractivity contribution is -0.122. The van der Waals surface area contributed by atoms with Gasteiger partial charge >= 0.3 is 0 Å². The van der Waals surface area contributed by atoms with E-state index in [9.17, 15) is 4.79 Å². The second-order valence-electron chi connectivity index (χ2n) is 5.35. The Bertz CT molecular complexity index is 816. The first-order chi connectivity index (χ1) is 11.6. The summed E-state index contributed by atoms with van der Waals surface area (Å²) >= 11 is 1.46. The van der Waals surface area contributed by atoms with E-state index in [1.807, 2.05) is 67.6 Å². The maximum absolute atomic E-state index is 12.3. The van der Waals surface area contributed by atoms with E-state index in [1.54, 1.807) is 6.92 Å². The van der Waals surface area contributed by atoms with Crippen LogP contribution in [0.5, 0.6) is 5.75 Å². The highest BCUT2D eigenvalue weighted by molar-refractivity contribution is 7.16. The Morgan fingerprint density at radius 3 is 2.38 bits per heavy atom. The van der Waals surface area contributed by atoms with E-state index in [2.05, 4.69) is 10.3 Å². The fourth-order valence-electron chi connectivity index (χ4n) is 2.28. The summed E-state index contributed by atoms with van der Waals surface area (Å²) in [5.74, 6) is 0.452. The van der Waals surface area contributed by atoms with Gasteiger partial charge in [-0.25, -0.2) is 4.98 Å². The summed E-state index contributed by atoms with van der Waals surface area (Å²) in [7, 11) is 0. The van der Waals surface area contributed by atoms with Gasteiger partial charge in [-0.15, -0.1) is 11.3 Å². The maximum atomic E-state index is 12.3. The van der Waals surface area contributed by atoms with E-state index in [4.69, 9.17) is 4.74 Å². The van der Waals surface area contributed by atoms with Crippen LogP contribution in [-0.4, -0.2) is 17.0 Å². The van der Waals surface area contributed by atoms with Crippen molar-refractivity contribution in [1.29, 1.82) is 0 Å². The van der Waals surface area contributed by atoms with E-state index < -0.39 is 6.10 Å². The number of benzene rings is 2. The topological polar surface area (TPSA) is 51.2 Å². The number of carbonyl (C=O) groups excluding carboxylic acids is 1. The SMILES string of the molecule is Cc1sc(NC(=O)[C@@H](C)Oc2ccccc2)nc1-c1ccccc1. The largest absolute Gasteiger partial charge is 0.481 e. The van der Waals surface area contributed by atoms with Gasteiger partial charge in [0.1, 0.15) is 5.75 Å². The van der Waals surface area contributed by atoms with Gasteiger partial charge in [-0.05, 0) is 26.0 Å². The second-order valence-corrected chi connectivity index (χ2v) is 6.56. The minimum atomic E-state index is -0.600. The van der Waals surface area contributed by atoms with Gasteiger partial charge in [-0.2, -0.15) is 0 Å². The van der Waals surface area contributed by atoms with Crippen molar-refractivity contribution in [1.82, 2.24) is 4.98 Å². The third kappa shape index (κ3) is 3.81. The van der Waals surface area contributed by atoms with Gasteiger partial charge in [-0.1, -0.05) is 48.5 Å². The van der Waals surface area contributed by atoms with E-state index in [-0.39, 0.29) is 5.91 Å². The van der Waals surface area contributed by atoms with Gasteiger partial charge in [-0.3, -0.25) is 10.1 Å². The van der Waals surface area contributed by atoms with Crippen molar-refractivity contribution >= 4 is 22.4 Å². The minimum Gasteiger partial charge on any atom is -0.481 e. The molecule has 0 aliphatic rings. The van der Waals surface area contributed by atoms with Crippen molar-refractivity contribution in [2.24, 2.45) is 0 Å². The zero-order chi connectivity index (χ0) is 16.9. The zero-order valence-electron chi connectivity index (χ0n) is 13.5. The number of ether oxygens (including phenoxy) is 1. The standard InChI is InChI=1S/C19H18N2O2S/c1-13(23-16-11-7-4-8-12-16)18(22)21-19-20-17(14(2)24-19)15-9-5-3-6-10-15/h3-13H,1-2H3,(H,20,21,22)/t13-/m1/s1. The van der Waals surface area contributed by atoms with Crippen LogP contribution in [-0.2, 0) is 4.79 Å². The number of thiazole rings is 1. The number of para-hydroxylation sites is 1. The van der Waals surface area contributed by atoms with Crippen molar-refractivity contribution in [2.45, 2.75) is 20.0 Å². The van der Waals surface area contributed by atoms with Crippen LogP contribution in [0.2, 0.25) is 0 Å². The number of carbonyl (C=O) groups is 1. The predicted molar refractivity (Wildman–Crippen MR) is 97.4 cm³/mol. The van der Waals surface area contributed by atoms with Gasteiger partial charge in [0.25, 0.3) is 5.91 Å². The lowest BCUT2D eigenvalue weighted by Gasteiger charge is -2.13. The first-order valence-corrected chi connectivity index (χ1v) is 8.50. The summed E-state index contributed by atoms with van der Waals surface area (Å²) in [6.07, 6.45) is -0.600. The number of hydrogen-bond donors (Lipinski definition) is 1. The van der Waals surface area contributed by atoms with Crippen LogP contribution >= 0.6 is 11.3 Å². The summed E-state index contributed by atoms with van der Waals surface area (Å²) in [5.41, 5.74) is 1.94. The van der Waals surface area contributed by atoms with E-state index in [0.29, 0.717) is 10.9 Å². The molecule has 1 heterocycles. The number of amides is 1. The van der Waals surface area contributed by atoms with Crippen molar-refractivity contribution in [3.05, 3.63) is 65.5 Å². The second kappa shape index (κ2) is 7.27.